The summed E-state index contributed by atoms with van der Waals surface area (Å²) in [5.41, 5.74) is 10.7. The van der Waals surface area contributed by atoms with Crippen LogP contribution in [-0.2, 0) is 19.6 Å². The average Bonchev–Trinajstić information content (AvgIpc) is 2.44. The quantitative estimate of drug-likeness (QED) is 0.430. The summed E-state index contributed by atoms with van der Waals surface area (Å²) in [5.74, 6) is 4.81. The summed E-state index contributed by atoms with van der Waals surface area (Å²) in [6.45, 7) is 0.0431. The van der Waals surface area contributed by atoms with Crippen LogP contribution in [0.2, 0.25) is 0 Å². The van der Waals surface area contributed by atoms with Gasteiger partial charge in [0.05, 0.1) is 18.0 Å². The van der Waals surface area contributed by atoms with Crippen LogP contribution in [0.4, 0.5) is 0 Å². The van der Waals surface area contributed by atoms with Gasteiger partial charge in [0.2, 0.25) is 15.9 Å². The van der Waals surface area contributed by atoms with Crippen molar-refractivity contribution < 1.29 is 17.9 Å². The molecule has 21 heavy (non-hydrogen) atoms. The molecule has 0 aliphatic rings. The molecule has 0 aliphatic heterocycles. The van der Waals surface area contributed by atoms with E-state index in [2.05, 4.69) is 16.6 Å². The molecule has 0 fully saturated rings. The lowest BCUT2D eigenvalue weighted by atomic mass is 10.2. The van der Waals surface area contributed by atoms with Crippen LogP contribution in [0.3, 0.4) is 0 Å². The number of benzene rings is 1. The molecule has 0 unspecified atom stereocenters. The number of nitrogens with one attached hydrogen (secondary N) is 1. The third-order valence-electron chi connectivity index (χ3n) is 2.26. The molecule has 5 N–H and O–H groups in total. The Morgan fingerprint density at radius 2 is 2.14 bits per heavy atom. The van der Waals surface area contributed by atoms with Gasteiger partial charge in [0, 0.05) is 12.1 Å². The molecule has 0 spiro atoms. The average molecular weight is 311 g/mol. The summed E-state index contributed by atoms with van der Waals surface area (Å²) < 4.78 is 31.3. The van der Waals surface area contributed by atoms with E-state index < -0.39 is 15.9 Å². The van der Waals surface area contributed by atoms with Crippen LogP contribution in [0, 0.1) is 11.8 Å². The van der Waals surface area contributed by atoms with Crippen LogP contribution in [0.15, 0.2) is 29.2 Å². The van der Waals surface area contributed by atoms with Crippen LogP contribution >= 0.6 is 0 Å². The molecule has 0 aliphatic carbocycles. The number of carbonyl (C=O) groups excluding carboxylic acids is 1. The number of hydrogen-bond donors (Lipinski definition) is 3. The smallest absolute Gasteiger partial charge is 0.243 e. The van der Waals surface area contributed by atoms with E-state index in [1.807, 2.05) is 0 Å². The number of nitrogens with two attached hydrogens (primary N) is 2. The van der Waals surface area contributed by atoms with E-state index in [1.54, 1.807) is 12.1 Å². The van der Waals surface area contributed by atoms with E-state index >= 15 is 0 Å². The van der Waals surface area contributed by atoms with Crippen molar-refractivity contribution in [3.8, 4) is 11.8 Å². The molecule has 0 atom stereocenters. The molecule has 0 saturated carbocycles. The maximum atomic E-state index is 12.0. The fourth-order valence-electron chi connectivity index (χ4n) is 1.40. The van der Waals surface area contributed by atoms with Gasteiger partial charge in [0.15, 0.2) is 0 Å². The van der Waals surface area contributed by atoms with Gasteiger partial charge in [-0.25, -0.2) is 13.1 Å². The molecule has 1 aromatic carbocycles. The van der Waals surface area contributed by atoms with Crippen molar-refractivity contribution in [2.75, 3.05) is 26.3 Å². The molecule has 0 heterocycles. The topological polar surface area (TPSA) is 125 Å². The Morgan fingerprint density at radius 1 is 1.38 bits per heavy atom. The Bertz CT molecular complexity index is 647. The minimum atomic E-state index is -3.65. The predicted octanol–water partition coefficient (Wildman–Crippen LogP) is -1.22. The Balaban J connectivity index is 2.63. The van der Waals surface area contributed by atoms with E-state index in [9.17, 15) is 13.2 Å². The molecule has 0 saturated heterocycles. The van der Waals surface area contributed by atoms with E-state index in [0.29, 0.717) is 5.56 Å². The fourth-order valence-corrected chi connectivity index (χ4v) is 2.46. The standard InChI is InChI=1S/C13H17N3O4S/c14-6-2-4-11-3-1-5-12(9-11)21(18,19)16-7-8-20-10-13(15)17/h1,3,5,9,16H,6-8,10,14H2,(H2,15,17). The molecule has 8 heteroatoms. The molecule has 7 nitrogen and oxygen atoms in total. The lowest BCUT2D eigenvalue weighted by molar-refractivity contribution is -0.122. The molecule has 1 aromatic rings. The van der Waals surface area contributed by atoms with Crippen molar-refractivity contribution >= 4 is 15.9 Å². The van der Waals surface area contributed by atoms with E-state index in [-0.39, 0.29) is 31.2 Å². The van der Waals surface area contributed by atoms with Crippen molar-refractivity contribution in [2.24, 2.45) is 11.5 Å². The zero-order valence-corrected chi connectivity index (χ0v) is 12.2. The van der Waals surface area contributed by atoms with Gasteiger partial charge in [-0.2, -0.15) is 0 Å². The molecule has 0 aromatic heterocycles. The van der Waals surface area contributed by atoms with Crippen molar-refractivity contribution in [3.05, 3.63) is 29.8 Å². The zero-order chi connectivity index (χ0) is 15.7. The Morgan fingerprint density at radius 3 is 2.81 bits per heavy atom. The third-order valence-corrected chi connectivity index (χ3v) is 3.72. The van der Waals surface area contributed by atoms with Crippen molar-refractivity contribution in [1.29, 1.82) is 0 Å². The molecule has 1 amide bonds. The number of amides is 1. The second kappa shape index (κ2) is 8.39. The first-order valence-electron chi connectivity index (χ1n) is 6.10. The first-order valence-corrected chi connectivity index (χ1v) is 7.59. The van der Waals surface area contributed by atoms with Gasteiger partial charge in [-0.05, 0) is 18.2 Å². The molecule has 0 bridgehead atoms. The van der Waals surface area contributed by atoms with Crippen molar-refractivity contribution in [2.45, 2.75) is 4.90 Å². The van der Waals surface area contributed by atoms with E-state index in [4.69, 9.17) is 16.2 Å². The molecule has 1 rings (SSSR count). The number of rotatable bonds is 7. The second-order valence-corrected chi connectivity index (χ2v) is 5.72. The Hall–Kier alpha value is -1.92. The third kappa shape index (κ3) is 6.37. The van der Waals surface area contributed by atoms with Crippen LogP contribution < -0.4 is 16.2 Å². The minimum absolute atomic E-state index is 0.0360. The highest BCUT2D eigenvalue weighted by Gasteiger charge is 2.13. The summed E-state index contributed by atoms with van der Waals surface area (Å²) in [6, 6.07) is 6.20. The number of primary amides is 1. The predicted molar refractivity (Wildman–Crippen MR) is 77.6 cm³/mol. The van der Waals surface area contributed by atoms with Crippen LogP contribution in [0.1, 0.15) is 5.56 Å². The summed E-state index contributed by atoms with van der Waals surface area (Å²) in [4.78, 5) is 10.5. The summed E-state index contributed by atoms with van der Waals surface area (Å²) in [5, 5.41) is 0. The molecular formula is C13H17N3O4S. The molecular weight excluding hydrogens is 294 g/mol. The molecule has 0 radical (unpaired) electrons. The van der Waals surface area contributed by atoms with Crippen LogP contribution in [0.25, 0.3) is 0 Å². The summed E-state index contributed by atoms with van der Waals surface area (Å²) >= 11 is 0. The van der Waals surface area contributed by atoms with Crippen molar-refractivity contribution in [1.82, 2.24) is 4.72 Å². The lowest BCUT2D eigenvalue weighted by Gasteiger charge is -2.07. The maximum absolute atomic E-state index is 12.0. The van der Waals surface area contributed by atoms with E-state index in [1.165, 1.54) is 12.1 Å². The number of ether oxygens (including phenoxy) is 1. The highest BCUT2D eigenvalue weighted by molar-refractivity contribution is 7.89. The van der Waals surface area contributed by atoms with Crippen molar-refractivity contribution in [3.63, 3.8) is 0 Å². The van der Waals surface area contributed by atoms with Gasteiger partial charge in [-0.15, -0.1) is 0 Å². The van der Waals surface area contributed by atoms with Crippen LogP contribution in [0.5, 0.6) is 0 Å². The lowest BCUT2D eigenvalue weighted by Crippen LogP contribution is -2.29. The van der Waals surface area contributed by atoms with Gasteiger partial charge in [-0.1, -0.05) is 17.9 Å². The molecule has 114 valence electrons. The summed E-state index contributed by atoms with van der Waals surface area (Å²) in [7, 11) is -3.65. The van der Waals surface area contributed by atoms with Crippen LogP contribution in [-0.4, -0.2) is 40.6 Å². The maximum Gasteiger partial charge on any atom is 0.243 e. The Labute approximate surface area is 123 Å². The zero-order valence-electron chi connectivity index (χ0n) is 11.3. The highest BCUT2D eigenvalue weighted by atomic mass is 32.2. The van der Waals surface area contributed by atoms with Gasteiger partial charge >= 0.3 is 0 Å². The summed E-state index contributed by atoms with van der Waals surface area (Å²) in [6.07, 6.45) is 0. The largest absolute Gasteiger partial charge is 0.370 e. The first-order chi connectivity index (χ1) is 9.95. The van der Waals surface area contributed by atoms with Gasteiger partial charge in [-0.3, -0.25) is 4.79 Å². The minimum Gasteiger partial charge on any atom is -0.370 e. The highest BCUT2D eigenvalue weighted by Crippen LogP contribution is 2.10. The number of hydrogen-bond acceptors (Lipinski definition) is 5. The van der Waals surface area contributed by atoms with Gasteiger partial charge in [0.1, 0.15) is 6.61 Å². The number of sulfonamides is 1. The van der Waals surface area contributed by atoms with E-state index in [0.717, 1.165) is 0 Å². The normalized spacial score (nSPS) is 10.7. The first kappa shape index (κ1) is 17.1. The van der Waals surface area contributed by atoms with Gasteiger partial charge in [0.25, 0.3) is 0 Å². The second-order valence-electron chi connectivity index (χ2n) is 3.95. The monoisotopic (exact) mass is 311 g/mol. The number of carbonyl (C=O) groups is 1. The fraction of sp³-hybridized carbons (Fsp3) is 0.308. The SMILES string of the molecule is NCC#Cc1cccc(S(=O)(=O)NCCOCC(N)=O)c1. The van der Waals surface area contributed by atoms with Gasteiger partial charge < -0.3 is 16.2 Å². The Kier molecular flexibility index (Phi) is 6.84.